The Balaban J connectivity index is 1.26. The molecular formula is C23H31N5O2. The van der Waals surface area contributed by atoms with Gasteiger partial charge in [0.15, 0.2) is 0 Å². The molecule has 2 fully saturated rings. The summed E-state index contributed by atoms with van der Waals surface area (Å²) in [5.41, 5.74) is 2.03. The second-order valence-electron chi connectivity index (χ2n) is 8.51. The number of amides is 1. The Morgan fingerprint density at radius 1 is 1.13 bits per heavy atom. The molecule has 3 heterocycles. The molecule has 0 aliphatic carbocycles. The summed E-state index contributed by atoms with van der Waals surface area (Å²) in [6.45, 7) is 4.50. The predicted molar refractivity (Wildman–Crippen MR) is 117 cm³/mol. The number of hydrogen-bond acceptors (Lipinski definition) is 5. The zero-order valence-corrected chi connectivity index (χ0v) is 17.7. The third-order valence-corrected chi connectivity index (χ3v) is 6.29. The first kappa shape index (κ1) is 20.6. The van der Waals surface area contributed by atoms with Crippen LogP contribution in [0.25, 0.3) is 0 Å². The Labute approximate surface area is 177 Å². The van der Waals surface area contributed by atoms with Gasteiger partial charge in [0, 0.05) is 51.9 Å². The summed E-state index contributed by atoms with van der Waals surface area (Å²) in [4.78, 5) is 29.4. The van der Waals surface area contributed by atoms with Gasteiger partial charge in [-0.25, -0.2) is 4.68 Å². The first-order valence-corrected chi connectivity index (χ1v) is 10.9. The van der Waals surface area contributed by atoms with Crippen molar-refractivity contribution < 1.29 is 4.79 Å². The molecule has 2 aliphatic heterocycles. The molecule has 0 bridgehead atoms. The Kier molecular flexibility index (Phi) is 6.47. The maximum atomic E-state index is 12.9. The third-order valence-electron chi connectivity index (χ3n) is 6.29. The smallest absolute Gasteiger partial charge is 0.268 e. The maximum Gasteiger partial charge on any atom is 0.268 e. The van der Waals surface area contributed by atoms with E-state index < -0.39 is 0 Å². The highest BCUT2D eigenvalue weighted by atomic mass is 16.2. The van der Waals surface area contributed by atoms with E-state index in [0.29, 0.717) is 6.54 Å². The van der Waals surface area contributed by atoms with Crippen LogP contribution in [0.5, 0.6) is 0 Å². The first-order chi connectivity index (χ1) is 14.6. The average Bonchev–Trinajstić information content (AvgIpc) is 2.78. The summed E-state index contributed by atoms with van der Waals surface area (Å²) in [5.74, 6) is 0.114. The van der Waals surface area contributed by atoms with Crippen LogP contribution in [0.4, 0.5) is 5.69 Å². The Hall–Kier alpha value is -2.67. The molecule has 1 amide bonds. The summed E-state index contributed by atoms with van der Waals surface area (Å²) < 4.78 is 1.32. The van der Waals surface area contributed by atoms with E-state index in [2.05, 4.69) is 44.5 Å². The summed E-state index contributed by atoms with van der Waals surface area (Å²) in [6, 6.07) is 12.4. The molecule has 7 heteroatoms. The molecule has 2 aliphatic rings. The molecular weight excluding hydrogens is 378 g/mol. The van der Waals surface area contributed by atoms with Gasteiger partial charge in [-0.15, -0.1) is 0 Å². The van der Waals surface area contributed by atoms with E-state index in [9.17, 15) is 9.59 Å². The summed E-state index contributed by atoms with van der Waals surface area (Å²) in [7, 11) is 1.64. The molecule has 4 rings (SSSR count). The third kappa shape index (κ3) is 5.08. The molecule has 7 nitrogen and oxygen atoms in total. The summed E-state index contributed by atoms with van der Waals surface area (Å²) in [6.07, 6.45) is 5.54. The predicted octanol–water partition coefficient (Wildman–Crippen LogP) is 1.78. The SMILES string of the molecule is Cn1ncc(N2CCC[C@H](C(=O)NC3CCN(Cc4ccccc4)CC3)C2)cc1=O. The number of carbonyl (C=O) groups is 1. The van der Waals surface area contributed by atoms with Crippen LogP contribution >= 0.6 is 0 Å². The van der Waals surface area contributed by atoms with E-state index in [4.69, 9.17) is 0 Å². The minimum Gasteiger partial charge on any atom is -0.369 e. The van der Waals surface area contributed by atoms with E-state index in [1.165, 1.54) is 10.2 Å². The van der Waals surface area contributed by atoms with Gasteiger partial charge in [-0.2, -0.15) is 5.10 Å². The lowest BCUT2D eigenvalue weighted by molar-refractivity contribution is -0.126. The zero-order chi connectivity index (χ0) is 20.9. The monoisotopic (exact) mass is 409 g/mol. The Morgan fingerprint density at radius 3 is 2.63 bits per heavy atom. The first-order valence-electron chi connectivity index (χ1n) is 10.9. The van der Waals surface area contributed by atoms with Crippen molar-refractivity contribution in [2.75, 3.05) is 31.1 Å². The second-order valence-corrected chi connectivity index (χ2v) is 8.51. The number of nitrogens with zero attached hydrogens (tertiary/aromatic N) is 4. The Morgan fingerprint density at radius 2 is 1.90 bits per heavy atom. The van der Waals surface area contributed by atoms with E-state index >= 15 is 0 Å². The van der Waals surface area contributed by atoms with Crippen molar-refractivity contribution in [3.05, 3.63) is 58.5 Å². The molecule has 1 aromatic heterocycles. The largest absolute Gasteiger partial charge is 0.369 e. The molecule has 160 valence electrons. The number of benzene rings is 1. The normalized spacial score (nSPS) is 20.8. The molecule has 0 unspecified atom stereocenters. The van der Waals surface area contributed by atoms with Crippen LogP contribution in [0.1, 0.15) is 31.2 Å². The van der Waals surface area contributed by atoms with Gasteiger partial charge >= 0.3 is 0 Å². The molecule has 0 spiro atoms. The van der Waals surface area contributed by atoms with Crippen LogP contribution < -0.4 is 15.8 Å². The van der Waals surface area contributed by atoms with Gasteiger partial charge in [-0.05, 0) is 31.2 Å². The van der Waals surface area contributed by atoms with Crippen molar-refractivity contribution in [1.82, 2.24) is 20.0 Å². The minimum absolute atomic E-state index is 0.0369. The fourth-order valence-corrected chi connectivity index (χ4v) is 4.45. The van der Waals surface area contributed by atoms with Gasteiger partial charge in [-0.3, -0.25) is 14.5 Å². The van der Waals surface area contributed by atoms with Crippen LogP contribution in [0.15, 0.2) is 47.4 Å². The van der Waals surface area contributed by atoms with Crippen molar-refractivity contribution in [2.24, 2.45) is 13.0 Å². The molecule has 30 heavy (non-hydrogen) atoms. The van der Waals surface area contributed by atoms with Crippen molar-refractivity contribution in [2.45, 2.75) is 38.3 Å². The Bertz CT molecular complexity index is 905. The van der Waals surface area contributed by atoms with Crippen molar-refractivity contribution >= 4 is 11.6 Å². The molecule has 0 radical (unpaired) electrons. The number of aromatic nitrogens is 2. The number of anilines is 1. The summed E-state index contributed by atoms with van der Waals surface area (Å²) in [5, 5.41) is 7.40. The van der Waals surface area contributed by atoms with E-state index in [0.717, 1.165) is 57.5 Å². The average molecular weight is 410 g/mol. The zero-order valence-electron chi connectivity index (χ0n) is 17.7. The van der Waals surface area contributed by atoms with Crippen molar-refractivity contribution in [3.63, 3.8) is 0 Å². The lowest BCUT2D eigenvalue weighted by Gasteiger charge is -2.36. The topological polar surface area (TPSA) is 70.5 Å². The standard InChI is InChI=1S/C23H31N5O2/c1-26-22(29)14-21(15-24-26)28-11-5-8-19(17-28)23(30)25-20-9-12-27(13-10-20)16-18-6-3-2-4-7-18/h2-4,6-7,14-15,19-20H,5,8-13,16-17H2,1H3,(H,25,30)/t19-/m0/s1. The number of aryl methyl sites for hydroxylation is 1. The lowest BCUT2D eigenvalue weighted by atomic mass is 9.95. The lowest BCUT2D eigenvalue weighted by Crippen LogP contribution is -2.49. The highest BCUT2D eigenvalue weighted by Gasteiger charge is 2.29. The number of piperidine rings is 2. The van der Waals surface area contributed by atoms with Gasteiger partial charge in [-0.1, -0.05) is 30.3 Å². The second kappa shape index (κ2) is 9.43. The quantitative estimate of drug-likeness (QED) is 0.815. The minimum atomic E-state index is -0.124. The fraction of sp³-hybridized carbons (Fsp3) is 0.522. The number of likely N-dealkylation sites (tertiary alicyclic amines) is 1. The highest BCUT2D eigenvalue weighted by Crippen LogP contribution is 2.22. The van der Waals surface area contributed by atoms with E-state index in [-0.39, 0.29) is 23.4 Å². The fourth-order valence-electron chi connectivity index (χ4n) is 4.45. The van der Waals surface area contributed by atoms with Gasteiger partial charge in [0.05, 0.1) is 17.8 Å². The number of nitrogens with one attached hydrogen (secondary N) is 1. The molecule has 1 N–H and O–H groups in total. The van der Waals surface area contributed by atoms with Crippen molar-refractivity contribution in [3.8, 4) is 0 Å². The van der Waals surface area contributed by atoms with Crippen LogP contribution in [0.3, 0.4) is 0 Å². The number of carbonyl (C=O) groups excluding carboxylic acids is 1. The van der Waals surface area contributed by atoms with Crippen LogP contribution in [-0.2, 0) is 18.4 Å². The number of hydrogen-bond donors (Lipinski definition) is 1. The van der Waals surface area contributed by atoms with Crippen LogP contribution in [0, 0.1) is 5.92 Å². The van der Waals surface area contributed by atoms with Gasteiger partial charge in [0.1, 0.15) is 0 Å². The highest BCUT2D eigenvalue weighted by molar-refractivity contribution is 5.80. The molecule has 1 aromatic carbocycles. The van der Waals surface area contributed by atoms with Gasteiger partial charge in [0.2, 0.25) is 5.91 Å². The number of rotatable bonds is 5. The van der Waals surface area contributed by atoms with Crippen LogP contribution in [-0.4, -0.2) is 52.8 Å². The van der Waals surface area contributed by atoms with Gasteiger partial charge in [0.25, 0.3) is 5.56 Å². The van der Waals surface area contributed by atoms with Crippen molar-refractivity contribution in [1.29, 1.82) is 0 Å². The van der Waals surface area contributed by atoms with E-state index in [1.807, 2.05) is 6.07 Å². The van der Waals surface area contributed by atoms with Crippen LogP contribution in [0.2, 0.25) is 0 Å². The molecule has 2 aromatic rings. The van der Waals surface area contributed by atoms with Gasteiger partial charge < -0.3 is 10.2 Å². The summed E-state index contributed by atoms with van der Waals surface area (Å²) >= 11 is 0. The molecule has 2 saturated heterocycles. The van der Waals surface area contributed by atoms with E-state index in [1.54, 1.807) is 19.3 Å². The maximum absolute atomic E-state index is 12.9. The molecule has 1 atom stereocenters. The molecule has 0 saturated carbocycles.